The van der Waals surface area contributed by atoms with Gasteiger partial charge in [-0.15, -0.1) is 0 Å². The third-order valence-electron chi connectivity index (χ3n) is 12.3. The van der Waals surface area contributed by atoms with Gasteiger partial charge in [0.05, 0.1) is 0 Å². The summed E-state index contributed by atoms with van der Waals surface area (Å²) in [6.45, 7) is 2.74. The molecule has 0 amide bonds. The lowest BCUT2D eigenvalue weighted by atomic mass is 9.94. The Bertz CT molecular complexity index is 2480. The molecule has 0 aliphatic heterocycles. The SMILES string of the molecule is c1ccc(N(Cc2cc3cc(CN(c4ccccc4)c4ccccc4)c(CN(c4ccccc4)c4ccccc4)cc3cc2CN(c2ccccc2)c2ccccc2)c2ccccc2)cc1. The highest BCUT2D eigenvalue weighted by Gasteiger charge is 2.21. The van der Waals surface area contributed by atoms with Crippen molar-refractivity contribution in [1.82, 2.24) is 0 Å². The first kappa shape index (κ1) is 41.7. The van der Waals surface area contributed by atoms with E-state index in [-0.39, 0.29) is 0 Å². The molecule has 0 unspecified atom stereocenters. The van der Waals surface area contributed by atoms with Crippen LogP contribution in [0.25, 0.3) is 10.8 Å². The molecule has 10 aromatic carbocycles. The standard InChI is InChI=1S/C62H52N4/c1-9-25-55(26-10-1)63(56-27-11-2-12-28-56)45-51-41-49-43-53(47-65(59-33-17-5-18-34-59)60-35-19-6-20-36-60)54(48-66(61-37-21-7-22-38-61)62-39-23-8-24-40-62)44-50(49)42-52(51)46-64(57-29-13-3-14-30-57)58-31-15-4-16-32-58/h1-44H,45-48H2. The Morgan fingerprint density at radius 3 is 0.455 bits per heavy atom. The van der Waals surface area contributed by atoms with Crippen molar-refractivity contribution < 1.29 is 0 Å². The number of fused-ring (bicyclic) bond motifs is 1. The summed E-state index contributed by atoms with van der Waals surface area (Å²) in [5, 5.41) is 2.43. The Balaban J connectivity index is 1.18. The van der Waals surface area contributed by atoms with Gasteiger partial charge in [0.1, 0.15) is 0 Å². The number of rotatable bonds is 16. The molecule has 0 aliphatic rings. The van der Waals surface area contributed by atoms with Crippen LogP contribution in [-0.4, -0.2) is 0 Å². The molecule has 0 saturated heterocycles. The monoisotopic (exact) mass is 852 g/mol. The van der Waals surface area contributed by atoms with Gasteiger partial charge in [0, 0.05) is 71.7 Å². The lowest BCUT2D eigenvalue weighted by Crippen LogP contribution is -2.22. The molecule has 10 aromatic rings. The Morgan fingerprint density at radius 2 is 0.318 bits per heavy atom. The molecule has 0 heterocycles. The van der Waals surface area contributed by atoms with Crippen LogP contribution in [0.4, 0.5) is 45.5 Å². The van der Waals surface area contributed by atoms with Crippen molar-refractivity contribution in [3.05, 3.63) is 289 Å². The van der Waals surface area contributed by atoms with Gasteiger partial charge in [0.2, 0.25) is 0 Å². The molecule has 66 heavy (non-hydrogen) atoms. The van der Waals surface area contributed by atoms with Crippen LogP contribution in [-0.2, 0) is 26.2 Å². The second-order valence-corrected chi connectivity index (χ2v) is 16.6. The van der Waals surface area contributed by atoms with Crippen LogP contribution >= 0.6 is 0 Å². The average Bonchev–Trinajstić information content (AvgIpc) is 3.40. The molecule has 4 nitrogen and oxygen atoms in total. The third kappa shape index (κ3) is 9.59. The maximum atomic E-state index is 2.46. The van der Waals surface area contributed by atoms with E-state index in [4.69, 9.17) is 0 Å². The molecule has 4 heteroatoms. The first-order valence-electron chi connectivity index (χ1n) is 22.8. The Kier molecular flexibility index (Phi) is 12.6. The van der Waals surface area contributed by atoms with Crippen LogP contribution in [0.2, 0.25) is 0 Å². The smallest absolute Gasteiger partial charge is 0.0485 e. The van der Waals surface area contributed by atoms with Crippen molar-refractivity contribution in [1.29, 1.82) is 0 Å². The van der Waals surface area contributed by atoms with Gasteiger partial charge in [0.15, 0.2) is 0 Å². The van der Waals surface area contributed by atoms with E-state index in [1.165, 1.54) is 33.0 Å². The number of hydrogen-bond acceptors (Lipinski definition) is 4. The van der Waals surface area contributed by atoms with Crippen molar-refractivity contribution >= 4 is 56.3 Å². The Labute approximate surface area is 389 Å². The van der Waals surface area contributed by atoms with E-state index in [9.17, 15) is 0 Å². The maximum absolute atomic E-state index is 2.46. The fourth-order valence-electron chi connectivity index (χ4n) is 9.00. The summed E-state index contributed by atoms with van der Waals surface area (Å²) in [6.07, 6.45) is 0. The quantitative estimate of drug-likeness (QED) is 0.0960. The van der Waals surface area contributed by atoms with E-state index in [1.807, 2.05) is 0 Å². The highest BCUT2D eigenvalue weighted by molar-refractivity contribution is 5.87. The molecule has 0 fully saturated rings. The van der Waals surface area contributed by atoms with Crippen molar-refractivity contribution in [2.75, 3.05) is 19.6 Å². The Morgan fingerprint density at radius 1 is 0.182 bits per heavy atom. The molecule has 0 radical (unpaired) electrons. The summed E-state index contributed by atoms with van der Waals surface area (Å²) < 4.78 is 0. The van der Waals surface area contributed by atoms with Gasteiger partial charge in [-0.3, -0.25) is 0 Å². The van der Waals surface area contributed by atoms with E-state index >= 15 is 0 Å². The van der Waals surface area contributed by atoms with Gasteiger partial charge >= 0.3 is 0 Å². The molecule has 0 atom stereocenters. The van der Waals surface area contributed by atoms with Gasteiger partial charge in [-0.25, -0.2) is 0 Å². The fraction of sp³-hybridized carbons (Fsp3) is 0.0645. The predicted molar refractivity (Wildman–Crippen MR) is 279 cm³/mol. The van der Waals surface area contributed by atoms with Gasteiger partial charge in [0.25, 0.3) is 0 Å². The first-order valence-corrected chi connectivity index (χ1v) is 22.8. The Hall–Kier alpha value is -8.34. The molecule has 0 bridgehead atoms. The fourth-order valence-corrected chi connectivity index (χ4v) is 9.00. The predicted octanol–water partition coefficient (Wildman–Crippen LogP) is 16.2. The summed E-state index contributed by atoms with van der Waals surface area (Å²) in [7, 11) is 0. The van der Waals surface area contributed by atoms with E-state index in [0.717, 1.165) is 45.5 Å². The molecule has 0 spiro atoms. The minimum atomic E-state index is 0.684. The highest BCUT2D eigenvalue weighted by atomic mass is 15.2. The second-order valence-electron chi connectivity index (χ2n) is 16.6. The normalized spacial score (nSPS) is 11.0. The van der Waals surface area contributed by atoms with Crippen LogP contribution in [0.15, 0.2) is 267 Å². The van der Waals surface area contributed by atoms with E-state index in [0.29, 0.717) is 26.2 Å². The van der Waals surface area contributed by atoms with Crippen LogP contribution in [0.1, 0.15) is 22.3 Å². The molecular weight excluding hydrogens is 801 g/mol. The first-order chi connectivity index (χ1) is 32.7. The summed E-state index contributed by atoms with van der Waals surface area (Å²) in [5.74, 6) is 0. The topological polar surface area (TPSA) is 13.0 Å². The summed E-state index contributed by atoms with van der Waals surface area (Å²) in [4.78, 5) is 9.78. The lowest BCUT2D eigenvalue weighted by molar-refractivity contribution is 0.906. The largest absolute Gasteiger partial charge is 0.337 e. The van der Waals surface area contributed by atoms with Gasteiger partial charge in [-0.05, 0) is 154 Å². The molecule has 0 N–H and O–H groups in total. The number of nitrogens with zero attached hydrogens (tertiary/aromatic N) is 4. The van der Waals surface area contributed by atoms with Crippen molar-refractivity contribution in [2.24, 2.45) is 0 Å². The highest BCUT2D eigenvalue weighted by Crippen LogP contribution is 2.37. The van der Waals surface area contributed by atoms with Crippen molar-refractivity contribution in [2.45, 2.75) is 26.2 Å². The summed E-state index contributed by atoms with van der Waals surface area (Å²) in [5.41, 5.74) is 14.3. The van der Waals surface area contributed by atoms with Gasteiger partial charge in [-0.1, -0.05) is 146 Å². The summed E-state index contributed by atoms with van der Waals surface area (Å²) >= 11 is 0. The zero-order chi connectivity index (χ0) is 44.3. The van der Waals surface area contributed by atoms with Gasteiger partial charge < -0.3 is 19.6 Å². The van der Waals surface area contributed by atoms with E-state index in [2.05, 4.69) is 287 Å². The molecule has 0 saturated carbocycles. The number of benzene rings is 10. The summed E-state index contributed by atoms with van der Waals surface area (Å²) in [6, 6.07) is 96.1. The van der Waals surface area contributed by atoms with Crippen LogP contribution in [0.5, 0.6) is 0 Å². The molecule has 0 aliphatic carbocycles. The van der Waals surface area contributed by atoms with E-state index in [1.54, 1.807) is 0 Å². The minimum absolute atomic E-state index is 0.684. The maximum Gasteiger partial charge on any atom is 0.0485 e. The molecular formula is C62H52N4. The van der Waals surface area contributed by atoms with Crippen molar-refractivity contribution in [3.8, 4) is 0 Å². The van der Waals surface area contributed by atoms with Crippen LogP contribution in [0, 0.1) is 0 Å². The molecule has 320 valence electrons. The zero-order valence-electron chi connectivity index (χ0n) is 37.0. The lowest BCUT2D eigenvalue weighted by Gasteiger charge is -2.31. The number of anilines is 8. The number of para-hydroxylation sites is 8. The van der Waals surface area contributed by atoms with Crippen LogP contribution < -0.4 is 19.6 Å². The van der Waals surface area contributed by atoms with Crippen molar-refractivity contribution in [3.63, 3.8) is 0 Å². The van der Waals surface area contributed by atoms with Crippen LogP contribution in [0.3, 0.4) is 0 Å². The third-order valence-corrected chi connectivity index (χ3v) is 12.3. The number of hydrogen-bond donors (Lipinski definition) is 0. The zero-order valence-corrected chi connectivity index (χ0v) is 37.0. The van der Waals surface area contributed by atoms with Gasteiger partial charge in [-0.2, -0.15) is 0 Å². The second kappa shape index (κ2) is 20.0. The van der Waals surface area contributed by atoms with E-state index < -0.39 is 0 Å². The minimum Gasteiger partial charge on any atom is -0.337 e. The average molecular weight is 853 g/mol. The molecule has 0 aromatic heterocycles. The molecule has 10 rings (SSSR count).